The van der Waals surface area contributed by atoms with Gasteiger partial charge in [0.15, 0.2) is 0 Å². The molecule has 2 fully saturated rings. The summed E-state index contributed by atoms with van der Waals surface area (Å²) in [6.45, 7) is 3.61. The maximum atomic E-state index is 12.4. The lowest BCUT2D eigenvalue weighted by Crippen LogP contribution is -2.34. The fourth-order valence-corrected chi connectivity index (χ4v) is 2.95. The molecule has 0 bridgehead atoms. The van der Waals surface area contributed by atoms with E-state index in [0.29, 0.717) is 31.6 Å². The maximum Gasteiger partial charge on any atom is 0.321 e. The molecule has 0 saturated carbocycles. The molecule has 0 aliphatic carbocycles. The average molecular weight is 289 g/mol. The van der Waals surface area contributed by atoms with Gasteiger partial charge in [-0.3, -0.25) is 9.69 Å². The number of hydrogen-bond donors (Lipinski definition) is 2. The Morgan fingerprint density at radius 1 is 1.33 bits per heavy atom. The van der Waals surface area contributed by atoms with Crippen LogP contribution in [0.1, 0.15) is 23.7 Å². The van der Waals surface area contributed by atoms with E-state index >= 15 is 0 Å². The Bertz CT molecular complexity index is 558. The molecular weight excluding hydrogens is 270 g/mol. The third-order valence-electron chi connectivity index (χ3n) is 4.10. The van der Waals surface area contributed by atoms with Crippen LogP contribution in [0.15, 0.2) is 24.3 Å². The van der Waals surface area contributed by atoms with Gasteiger partial charge in [0.1, 0.15) is 0 Å². The van der Waals surface area contributed by atoms with Gasteiger partial charge in [0.2, 0.25) is 0 Å². The largest absolute Gasteiger partial charge is 0.391 e. The minimum Gasteiger partial charge on any atom is -0.391 e. The van der Waals surface area contributed by atoms with E-state index in [1.165, 1.54) is 0 Å². The van der Waals surface area contributed by atoms with E-state index in [1.54, 1.807) is 34.1 Å². The van der Waals surface area contributed by atoms with Crippen LogP contribution in [0.4, 0.5) is 10.5 Å². The normalized spacial score (nSPS) is 25.3. The molecule has 0 radical (unpaired) electrons. The molecule has 1 aromatic rings. The number of rotatable bonds is 2. The second kappa shape index (κ2) is 5.37. The topological polar surface area (TPSA) is 72.9 Å². The van der Waals surface area contributed by atoms with Crippen LogP contribution in [-0.4, -0.2) is 53.7 Å². The molecule has 0 aromatic heterocycles. The molecule has 1 aromatic carbocycles. The van der Waals surface area contributed by atoms with Crippen molar-refractivity contribution in [3.63, 3.8) is 0 Å². The Labute approximate surface area is 123 Å². The van der Waals surface area contributed by atoms with E-state index in [1.807, 2.05) is 6.92 Å². The molecular formula is C15H19N3O3. The zero-order chi connectivity index (χ0) is 15.0. The van der Waals surface area contributed by atoms with E-state index < -0.39 is 6.10 Å². The molecule has 112 valence electrons. The smallest absolute Gasteiger partial charge is 0.321 e. The fraction of sp³-hybridized carbons (Fsp3) is 0.467. The molecule has 2 aliphatic heterocycles. The lowest BCUT2D eigenvalue weighted by molar-refractivity contribution is 0.0726. The summed E-state index contributed by atoms with van der Waals surface area (Å²) < 4.78 is 0. The molecule has 0 spiro atoms. The number of nitrogens with zero attached hydrogens (tertiary/aromatic N) is 2. The zero-order valence-electron chi connectivity index (χ0n) is 12.0. The molecule has 2 atom stereocenters. The second-order valence-corrected chi connectivity index (χ2v) is 5.63. The molecule has 2 saturated heterocycles. The Morgan fingerprint density at radius 2 is 2.05 bits per heavy atom. The first-order chi connectivity index (χ1) is 10.1. The summed E-state index contributed by atoms with van der Waals surface area (Å²) in [5, 5.41) is 12.4. The van der Waals surface area contributed by atoms with Crippen molar-refractivity contribution >= 4 is 17.6 Å². The Hall–Kier alpha value is -2.08. The number of amides is 3. The SMILES string of the molecule is CC1CC(O)CN1C(=O)c1ccc(N2CCNC2=O)cc1. The number of nitrogens with one attached hydrogen (secondary N) is 1. The lowest BCUT2D eigenvalue weighted by atomic mass is 10.1. The van der Waals surface area contributed by atoms with Gasteiger partial charge in [-0.2, -0.15) is 0 Å². The first-order valence-corrected chi connectivity index (χ1v) is 7.20. The van der Waals surface area contributed by atoms with E-state index in [-0.39, 0.29) is 18.0 Å². The van der Waals surface area contributed by atoms with E-state index in [4.69, 9.17) is 0 Å². The van der Waals surface area contributed by atoms with Gasteiger partial charge >= 0.3 is 6.03 Å². The standard InChI is InChI=1S/C15H19N3O3/c1-10-8-13(19)9-18(10)14(20)11-2-4-12(5-3-11)17-7-6-16-15(17)21/h2-5,10,13,19H,6-9H2,1H3,(H,16,21). The Balaban J connectivity index is 1.75. The van der Waals surface area contributed by atoms with Gasteiger partial charge in [-0.15, -0.1) is 0 Å². The van der Waals surface area contributed by atoms with Gasteiger partial charge < -0.3 is 15.3 Å². The summed E-state index contributed by atoms with van der Waals surface area (Å²) >= 11 is 0. The summed E-state index contributed by atoms with van der Waals surface area (Å²) in [7, 11) is 0. The van der Waals surface area contributed by atoms with Crippen molar-refractivity contribution in [2.75, 3.05) is 24.5 Å². The van der Waals surface area contributed by atoms with Crippen molar-refractivity contribution in [1.82, 2.24) is 10.2 Å². The molecule has 2 heterocycles. The van der Waals surface area contributed by atoms with E-state index in [9.17, 15) is 14.7 Å². The number of anilines is 1. The maximum absolute atomic E-state index is 12.4. The first-order valence-electron chi connectivity index (χ1n) is 7.20. The van der Waals surface area contributed by atoms with Crippen molar-refractivity contribution in [3.8, 4) is 0 Å². The van der Waals surface area contributed by atoms with Crippen LogP contribution in [0.25, 0.3) is 0 Å². The third kappa shape index (κ3) is 2.58. The number of carbonyl (C=O) groups excluding carboxylic acids is 2. The summed E-state index contributed by atoms with van der Waals surface area (Å²) in [5.74, 6) is -0.0727. The molecule has 3 amide bonds. The zero-order valence-corrected chi connectivity index (χ0v) is 12.0. The molecule has 21 heavy (non-hydrogen) atoms. The Kier molecular flexibility index (Phi) is 3.55. The number of hydrogen-bond acceptors (Lipinski definition) is 3. The number of aliphatic hydroxyl groups is 1. The van der Waals surface area contributed by atoms with Gasteiger partial charge in [0.25, 0.3) is 5.91 Å². The number of β-amino-alcohol motifs (C(OH)–C–C–N with tert-alkyl or cyclic N) is 1. The molecule has 2 aliphatic rings. The summed E-state index contributed by atoms with van der Waals surface area (Å²) in [4.78, 5) is 27.4. The minimum atomic E-state index is -0.434. The summed E-state index contributed by atoms with van der Waals surface area (Å²) in [6, 6.07) is 6.99. The Morgan fingerprint density at radius 3 is 2.57 bits per heavy atom. The predicted molar refractivity (Wildman–Crippen MR) is 78.3 cm³/mol. The van der Waals surface area contributed by atoms with Crippen LogP contribution < -0.4 is 10.2 Å². The van der Waals surface area contributed by atoms with Crippen LogP contribution in [0.5, 0.6) is 0 Å². The van der Waals surface area contributed by atoms with Crippen LogP contribution in [0, 0.1) is 0 Å². The van der Waals surface area contributed by atoms with Crippen molar-refractivity contribution in [2.45, 2.75) is 25.5 Å². The summed E-state index contributed by atoms with van der Waals surface area (Å²) in [6.07, 6.45) is 0.189. The van der Waals surface area contributed by atoms with Crippen molar-refractivity contribution in [1.29, 1.82) is 0 Å². The quantitative estimate of drug-likeness (QED) is 0.846. The van der Waals surface area contributed by atoms with Crippen molar-refractivity contribution in [2.24, 2.45) is 0 Å². The highest BCUT2D eigenvalue weighted by atomic mass is 16.3. The van der Waals surface area contributed by atoms with Crippen LogP contribution in [0.3, 0.4) is 0 Å². The molecule has 2 N–H and O–H groups in total. The lowest BCUT2D eigenvalue weighted by Gasteiger charge is -2.21. The number of likely N-dealkylation sites (tertiary alicyclic amines) is 1. The van der Waals surface area contributed by atoms with Gasteiger partial charge in [-0.1, -0.05) is 0 Å². The van der Waals surface area contributed by atoms with Crippen molar-refractivity contribution < 1.29 is 14.7 Å². The monoisotopic (exact) mass is 289 g/mol. The van der Waals surface area contributed by atoms with E-state index in [0.717, 1.165) is 5.69 Å². The second-order valence-electron chi connectivity index (χ2n) is 5.63. The van der Waals surface area contributed by atoms with Crippen LogP contribution >= 0.6 is 0 Å². The van der Waals surface area contributed by atoms with Crippen molar-refractivity contribution in [3.05, 3.63) is 29.8 Å². The van der Waals surface area contributed by atoms with Crippen LogP contribution in [-0.2, 0) is 0 Å². The molecule has 6 heteroatoms. The minimum absolute atomic E-state index is 0.0523. The summed E-state index contributed by atoms with van der Waals surface area (Å²) in [5.41, 5.74) is 1.37. The van der Waals surface area contributed by atoms with Gasteiger partial charge in [0.05, 0.1) is 6.10 Å². The number of urea groups is 1. The molecule has 6 nitrogen and oxygen atoms in total. The van der Waals surface area contributed by atoms with Gasteiger partial charge in [-0.05, 0) is 37.6 Å². The first kappa shape index (κ1) is 13.9. The number of benzene rings is 1. The third-order valence-corrected chi connectivity index (χ3v) is 4.10. The van der Waals surface area contributed by atoms with Gasteiger partial charge in [0, 0.05) is 36.9 Å². The molecule has 3 rings (SSSR count). The number of carbonyl (C=O) groups is 2. The highest BCUT2D eigenvalue weighted by Crippen LogP contribution is 2.22. The highest BCUT2D eigenvalue weighted by Gasteiger charge is 2.31. The van der Waals surface area contributed by atoms with Crippen LogP contribution in [0.2, 0.25) is 0 Å². The fourth-order valence-electron chi connectivity index (χ4n) is 2.95. The number of aliphatic hydroxyl groups excluding tert-OH is 1. The van der Waals surface area contributed by atoms with Gasteiger partial charge in [-0.25, -0.2) is 4.79 Å². The average Bonchev–Trinajstić information content (AvgIpc) is 3.04. The predicted octanol–water partition coefficient (Wildman–Crippen LogP) is 0.811. The highest BCUT2D eigenvalue weighted by molar-refractivity contribution is 5.97. The molecule has 2 unspecified atom stereocenters. The van der Waals surface area contributed by atoms with E-state index in [2.05, 4.69) is 5.32 Å².